The van der Waals surface area contributed by atoms with Crippen LogP contribution in [0.2, 0.25) is 0 Å². The predicted octanol–water partition coefficient (Wildman–Crippen LogP) is 1.12. The van der Waals surface area contributed by atoms with Crippen LogP contribution >= 0.6 is 0 Å². The molecule has 98 valence electrons. The third kappa shape index (κ3) is 4.73. The Labute approximate surface area is 102 Å². The second-order valence-electron chi connectivity index (χ2n) is 5.37. The lowest BCUT2D eigenvalue weighted by molar-refractivity contribution is -0.148. The van der Waals surface area contributed by atoms with Crippen LogP contribution < -0.4 is 0 Å². The van der Waals surface area contributed by atoms with E-state index in [1.165, 1.54) is 0 Å². The van der Waals surface area contributed by atoms with Gasteiger partial charge in [-0.3, -0.25) is 9.59 Å². The number of carboxylic acids is 1. The normalized spacial score (nSPS) is 21.7. The smallest absolute Gasteiger partial charge is 0.308 e. The molecule has 1 atom stereocenters. The number of rotatable bonds is 4. The van der Waals surface area contributed by atoms with Crippen molar-refractivity contribution in [2.75, 3.05) is 19.7 Å². The van der Waals surface area contributed by atoms with E-state index in [1.807, 2.05) is 20.8 Å². The maximum Gasteiger partial charge on any atom is 0.308 e. The van der Waals surface area contributed by atoms with E-state index >= 15 is 0 Å². The number of likely N-dealkylation sites (tertiary alicyclic amines) is 1. The van der Waals surface area contributed by atoms with E-state index in [0.29, 0.717) is 32.5 Å². The molecule has 0 radical (unpaired) electrons. The number of carbonyl (C=O) groups excluding carboxylic acids is 1. The van der Waals surface area contributed by atoms with Gasteiger partial charge in [0.2, 0.25) is 5.91 Å². The maximum atomic E-state index is 11.6. The van der Waals surface area contributed by atoms with Crippen molar-refractivity contribution in [2.45, 2.75) is 39.2 Å². The largest absolute Gasteiger partial charge is 0.481 e. The topological polar surface area (TPSA) is 66.8 Å². The molecule has 0 aromatic rings. The van der Waals surface area contributed by atoms with Crippen molar-refractivity contribution in [3.8, 4) is 0 Å². The van der Waals surface area contributed by atoms with Crippen LogP contribution in [0.4, 0.5) is 0 Å². The van der Waals surface area contributed by atoms with Gasteiger partial charge in [-0.15, -0.1) is 0 Å². The van der Waals surface area contributed by atoms with Gasteiger partial charge in [0.1, 0.15) is 0 Å². The van der Waals surface area contributed by atoms with E-state index in [2.05, 4.69) is 0 Å². The lowest BCUT2D eigenvalue weighted by Crippen LogP contribution is -2.44. The number of carbonyl (C=O) groups is 2. The molecule has 1 heterocycles. The summed E-state index contributed by atoms with van der Waals surface area (Å²) in [5.41, 5.74) is -0.231. The van der Waals surface area contributed by atoms with Crippen LogP contribution in [0.25, 0.3) is 0 Å². The van der Waals surface area contributed by atoms with Crippen molar-refractivity contribution in [3.05, 3.63) is 0 Å². The summed E-state index contributed by atoms with van der Waals surface area (Å²) in [6.45, 7) is 7.07. The van der Waals surface area contributed by atoms with E-state index < -0.39 is 11.9 Å². The lowest BCUT2D eigenvalue weighted by atomic mass is 9.98. The minimum Gasteiger partial charge on any atom is -0.481 e. The molecule has 0 aromatic heterocycles. The number of aliphatic carboxylic acids is 1. The third-order valence-electron chi connectivity index (χ3n) is 2.75. The Bertz CT molecular complexity index is 295. The van der Waals surface area contributed by atoms with Crippen LogP contribution in [-0.4, -0.2) is 47.2 Å². The molecule has 1 unspecified atom stereocenters. The van der Waals surface area contributed by atoms with Crippen LogP contribution in [0.3, 0.4) is 0 Å². The summed E-state index contributed by atoms with van der Waals surface area (Å²) in [4.78, 5) is 24.1. The maximum absolute atomic E-state index is 11.6. The number of hydrogen-bond donors (Lipinski definition) is 1. The van der Waals surface area contributed by atoms with Gasteiger partial charge >= 0.3 is 5.97 Å². The molecular weight excluding hydrogens is 222 g/mol. The Morgan fingerprint density at radius 3 is 2.71 bits per heavy atom. The second-order valence-corrected chi connectivity index (χ2v) is 5.37. The molecule has 1 aliphatic heterocycles. The molecule has 0 spiro atoms. The van der Waals surface area contributed by atoms with Crippen LogP contribution in [0, 0.1) is 5.92 Å². The Morgan fingerprint density at radius 2 is 2.18 bits per heavy atom. The van der Waals surface area contributed by atoms with Crippen molar-refractivity contribution in [3.63, 3.8) is 0 Å². The van der Waals surface area contributed by atoms with Crippen molar-refractivity contribution < 1.29 is 19.4 Å². The van der Waals surface area contributed by atoms with E-state index in [9.17, 15) is 9.59 Å². The molecule has 17 heavy (non-hydrogen) atoms. The van der Waals surface area contributed by atoms with Gasteiger partial charge in [0.25, 0.3) is 0 Å². The zero-order valence-corrected chi connectivity index (χ0v) is 10.7. The Morgan fingerprint density at radius 1 is 1.53 bits per heavy atom. The average Bonchev–Trinajstić information content (AvgIpc) is 2.18. The monoisotopic (exact) mass is 243 g/mol. The molecule has 1 saturated heterocycles. The van der Waals surface area contributed by atoms with E-state index in [-0.39, 0.29) is 11.5 Å². The van der Waals surface area contributed by atoms with Gasteiger partial charge in [0.15, 0.2) is 0 Å². The van der Waals surface area contributed by atoms with Gasteiger partial charge in [-0.1, -0.05) is 0 Å². The van der Waals surface area contributed by atoms with Gasteiger partial charge in [-0.05, 0) is 27.2 Å². The minimum absolute atomic E-state index is 0.0278. The molecule has 0 bridgehead atoms. The van der Waals surface area contributed by atoms with Crippen molar-refractivity contribution in [1.29, 1.82) is 0 Å². The molecule has 1 rings (SSSR count). The minimum atomic E-state index is -0.820. The highest BCUT2D eigenvalue weighted by Crippen LogP contribution is 2.17. The summed E-state index contributed by atoms with van der Waals surface area (Å²) in [6, 6.07) is 0. The van der Waals surface area contributed by atoms with Gasteiger partial charge in [0, 0.05) is 19.5 Å². The van der Waals surface area contributed by atoms with E-state index in [4.69, 9.17) is 9.84 Å². The zero-order valence-electron chi connectivity index (χ0n) is 10.7. The van der Waals surface area contributed by atoms with Crippen molar-refractivity contribution in [1.82, 2.24) is 4.90 Å². The summed E-state index contributed by atoms with van der Waals surface area (Å²) in [7, 11) is 0. The standard InChI is InChI=1S/C12H21NO4/c1-12(2,3)17-7-6-13-8-9(11(15)16)4-5-10(13)14/h9H,4-8H2,1-3H3,(H,15,16). The first-order chi connectivity index (χ1) is 7.79. The summed E-state index contributed by atoms with van der Waals surface area (Å²) in [5.74, 6) is -1.22. The molecule has 1 aliphatic rings. The summed E-state index contributed by atoms with van der Waals surface area (Å²) in [6.07, 6.45) is 0.775. The van der Waals surface area contributed by atoms with Crippen molar-refractivity contribution >= 4 is 11.9 Å². The fraction of sp³-hybridized carbons (Fsp3) is 0.833. The lowest BCUT2D eigenvalue weighted by Gasteiger charge is -2.31. The van der Waals surface area contributed by atoms with E-state index in [0.717, 1.165) is 0 Å². The summed E-state index contributed by atoms with van der Waals surface area (Å²) >= 11 is 0. The highest BCUT2D eigenvalue weighted by Gasteiger charge is 2.29. The van der Waals surface area contributed by atoms with Gasteiger partial charge in [0.05, 0.1) is 18.1 Å². The molecule has 5 nitrogen and oxygen atoms in total. The molecule has 1 N–H and O–H groups in total. The molecular formula is C12H21NO4. The van der Waals surface area contributed by atoms with Crippen LogP contribution in [0.1, 0.15) is 33.6 Å². The van der Waals surface area contributed by atoms with Gasteiger partial charge < -0.3 is 14.7 Å². The molecule has 0 aliphatic carbocycles. The van der Waals surface area contributed by atoms with Gasteiger partial charge in [-0.25, -0.2) is 0 Å². The average molecular weight is 243 g/mol. The fourth-order valence-electron chi connectivity index (χ4n) is 1.79. The van der Waals surface area contributed by atoms with Crippen molar-refractivity contribution in [2.24, 2.45) is 5.92 Å². The molecule has 0 saturated carbocycles. The number of piperidine rings is 1. The highest BCUT2D eigenvalue weighted by molar-refractivity contribution is 5.80. The highest BCUT2D eigenvalue weighted by atomic mass is 16.5. The van der Waals surface area contributed by atoms with Crippen LogP contribution in [0.5, 0.6) is 0 Å². The molecule has 1 amide bonds. The summed E-state index contributed by atoms with van der Waals surface area (Å²) < 4.78 is 5.53. The number of carboxylic acid groups (broad SMARTS) is 1. The van der Waals surface area contributed by atoms with Crippen LogP contribution in [-0.2, 0) is 14.3 Å². The number of nitrogens with zero attached hydrogens (tertiary/aromatic N) is 1. The Hall–Kier alpha value is -1.10. The quantitative estimate of drug-likeness (QED) is 0.803. The SMILES string of the molecule is CC(C)(C)OCCN1CC(C(=O)O)CCC1=O. The Kier molecular flexibility index (Phi) is 4.51. The Balaban J connectivity index is 2.40. The van der Waals surface area contributed by atoms with Crippen LogP contribution in [0.15, 0.2) is 0 Å². The fourth-order valence-corrected chi connectivity index (χ4v) is 1.79. The second kappa shape index (κ2) is 5.49. The number of amides is 1. The first-order valence-electron chi connectivity index (χ1n) is 5.94. The molecule has 5 heteroatoms. The third-order valence-corrected chi connectivity index (χ3v) is 2.75. The summed E-state index contributed by atoms with van der Waals surface area (Å²) in [5, 5.41) is 8.93. The van der Waals surface area contributed by atoms with Gasteiger partial charge in [-0.2, -0.15) is 0 Å². The zero-order chi connectivity index (χ0) is 13.1. The molecule has 1 fully saturated rings. The number of hydrogen-bond acceptors (Lipinski definition) is 3. The first kappa shape index (κ1) is 14.0. The van der Waals surface area contributed by atoms with E-state index in [1.54, 1.807) is 4.90 Å². The molecule has 0 aromatic carbocycles. The first-order valence-corrected chi connectivity index (χ1v) is 5.94. The number of ether oxygens (including phenoxy) is 1. The predicted molar refractivity (Wildman–Crippen MR) is 62.6 cm³/mol.